The van der Waals surface area contributed by atoms with Crippen molar-refractivity contribution in [3.05, 3.63) is 66.7 Å². The van der Waals surface area contributed by atoms with Gasteiger partial charge in [-0.1, -0.05) is 47.6 Å². The Morgan fingerprint density at radius 2 is 1.90 bits per heavy atom. The Kier molecular flexibility index (Phi) is 3.35. The molecule has 0 aliphatic heterocycles. The zero-order valence-electron chi connectivity index (χ0n) is 12.0. The maximum Gasteiger partial charge on any atom is 0.167 e. The summed E-state index contributed by atoms with van der Waals surface area (Å²) in [6, 6.07) is 15.9. The van der Waals surface area contributed by atoms with Crippen molar-refractivity contribution in [2.75, 3.05) is 0 Å². The van der Waals surface area contributed by atoms with Gasteiger partial charge in [0.15, 0.2) is 5.58 Å². The van der Waals surface area contributed by atoms with Crippen molar-refractivity contribution < 1.29 is 4.52 Å². The summed E-state index contributed by atoms with van der Waals surface area (Å²) in [7, 11) is 0. The number of benzene rings is 2. The van der Waals surface area contributed by atoms with Crippen molar-refractivity contribution >= 4 is 11.0 Å². The molecule has 0 saturated carbocycles. The molecule has 0 bridgehead atoms. The van der Waals surface area contributed by atoms with E-state index >= 15 is 0 Å². The third-order valence-corrected chi connectivity index (χ3v) is 3.74. The molecule has 1 atom stereocenters. The molecule has 0 saturated heterocycles. The lowest BCUT2D eigenvalue weighted by atomic mass is 9.85. The second-order valence-electron chi connectivity index (χ2n) is 5.48. The van der Waals surface area contributed by atoms with Crippen LogP contribution in [0.15, 0.2) is 65.7 Å². The lowest BCUT2D eigenvalue weighted by molar-refractivity contribution is 0.458. The smallest absolute Gasteiger partial charge is 0.167 e. The van der Waals surface area contributed by atoms with Crippen LogP contribution in [0.1, 0.15) is 18.9 Å². The van der Waals surface area contributed by atoms with Gasteiger partial charge in [0, 0.05) is 16.5 Å². The van der Waals surface area contributed by atoms with E-state index in [1.54, 1.807) is 0 Å². The molecule has 0 fully saturated rings. The normalized spacial score (nSPS) is 14.0. The van der Waals surface area contributed by atoms with E-state index in [0.29, 0.717) is 6.42 Å². The number of para-hydroxylation sites is 1. The molecular weight excluding hydrogens is 260 g/mol. The average molecular weight is 278 g/mol. The van der Waals surface area contributed by atoms with Gasteiger partial charge in [-0.2, -0.15) is 0 Å². The molecule has 106 valence electrons. The maximum absolute atomic E-state index is 6.47. The fourth-order valence-electron chi connectivity index (χ4n) is 2.68. The highest BCUT2D eigenvalue weighted by molar-refractivity contribution is 5.92. The third kappa shape index (κ3) is 2.36. The minimum atomic E-state index is -0.488. The van der Waals surface area contributed by atoms with Crippen LogP contribution in [0, 0.1) is 0 Å². The van der Waals surface area contributed by atoms with E-state index in [4.69, 9.17) is 10.3 Å². The Bertz CT molecular complexity index is 787. The molecule has 2 N–H and O–H groups in total. The summed E-state index contributed by atoms with van der Waals surface area (Å²) in [6.07, 6.45) is 2.54. The quantitative estimate of drug-likeness (QED) is 0.726. The van der Waals surface area contributed by atoms with Crippen LogP contribution < -0.4 is 5.73 Å². The molecule has 3 aromatic rings. The van der Waals surface area contributed by atoms with Crippen LogP contribution in [-0.2, 0) is 5.54 Å². The minimum Gasteiger partial charge on any atom is -0.356 e. The topological polar surface area (TPSA) is 52.0 Å². The van der Waals surface area contributed by atoms with E-state index in [1.807, 2.05) is 61.5 Å². The highest BCUT2D eigenvalue weighted by Crippen LogP contribution is 2.35. The first-order valence-corrected chi connectivity index (χ1v) is 6.97. The largest absolute Gasteiger partial charge is 0.356 e. The molecule has 3 rings (SSSR count). The van der Waals surface area contributed by atoms with Gasteiger partial charge in [0.25, 0.3) is 0 Å². The first kappa shape index (κ1) is 13.6. The van der Waals surface area contributed by atoms with E-state index in [9.17, 15) is 0 Å². The van der Waals surface area contributed by atoms with E-state index in [0.717, 1.165) is 27.8 Å². The summed E-state index contributed by atoms with van der Waals surface area (Å²) in [5, 5.41) is 5.24. The first-order chi connectivity index (χ1) is 10.1. The monoisotopic (exact) mass is 278 g/mol. The molecule has 1 heterocycles. The standard InChI is InChI=1S/C18H18N2O/c1-3-12-18(2,19)15-10-6-4-8-13(15)17-14-9-5-7-11-16(14)21-20-17/h3-11H,1,12,19H2,2H3. The summed E-state index contributed by atoms with van der Waals surface area (Å²) >= 11 is 0. The van der Waals surface area contributed by atoms with Gasteiger partial charge in [0.1, 0.15) is 5.69 Å². The van der Waals surface area contributed by atoms with Gasteiger partial charge in [-0.15, -0.1) is 6.58 Å². The number of aromatic nitrogens is 1. The molecule has 0 radical (unpaired) electrons. The lowest BCUT2D eigenvalue weighted by Gasteiger charge is -2.26. The van der Waals surface area contributed by atoms with Crippen molar-refractivity contribution in [2.45, 2.75) is 18.9 Å². The molecule has 3 heteroatoms. The highest BCUT2D eigenvalue weighted by atomic mass is 16.5. The number of hydrogen-bond donors (Lipinski definition) is 1. The number of nitrogens with zero attached hydrogens (tertiary/aromatic N) is 1. The molecule has 3 nitrogen and oxygen atoms in total. The summed E-state index contributed by atoms with van der Waals surface area (Å²) < 4.78 is 5.42. The Morgan fingerprint density at radius 3 is 2.71 bits per heavy atom. The second kappa shape index (κ2) is 5.19. The summed E-state index contributed by atoms with van der Waals surface area (Å²) in [5.41, 5.74) is 9.65. The Labute approximate surface area is 124 Å². The maximum atomic E-state index is 6.47. The lowest BCUT2D eigenvalue weighted by Crippen LogP contribution is -2.32. The number of nitrogens with two attached hydrogens (primary N) is 1. The van der Waals surface area contributed by atoms with E-state index in [1.165, 1.54) is 0 Å². The van der Waals surface area contributed by atoms with E-state index in [-0.39, 0.29) is 0 Å². The van der Waals surface area contributed by atoms with E-state index in [2.05, 4.69) is 11.7 Å². The average Bonchev–Trinajstić information content (AvgIpc) is 2.91. The molecule has 0 amide bonds. The number of fused-ring (bicyclic) bond motifs is 1. The fourth-order valence-corrected chi connectivity index (χ4v) is 2.68. The van der Waals surface area contributed by atoms with Crippen LogP contribution in [-0.4, -0.2) is 5.16 Å². The number of rotatable bonds is 4. The Hall–Kier alpha value is -2.39. The molecular formula is C18H18N2O. The first-order valence-electron chi connectivity index (χ1n) is 6.97. The minimum absolute atomic E-state index is 0.488. The predicted molar refractivity (Wildman–Crippen MR) is 85.8 cm³/mol. The summed E-state index contributed by atoms with van der Waals surface area (Å²) in [4.78, 5) is 0. The molecule has 1 unspecified atom stereocenters. The molecule has 0 aliphatic rings. The zero-order valence-corrected chi connectivity index (χ0v) is 12.0. The molecule has 21 heavy (non-hydrogen) atoms. The van der Waals surface area contributed by atoms with Crippen molar-refractivity contribution in [2.24, 2.45) is 5.73 Å². The molecule has 0 aliphatic carbocycles. The molecule has 1 aromatic heterocycles. The SMILES string of the molecule is C=CCC(C)(N)c1ccccc1-c1noc2ccccc12. The Balaban J connectivity index is 2.22. The van der Waals surface area contributed by atoms with Crippen LogP contribution >= 0.6 is 0 Å². The van der Waals surface area contributed by atoms with E-state index < -0.39 is 5.54 Å². The van der Waals surface area contributed by atoms with Gasteiger partial charge in [-0.05, 0) is 31.0 Å². The summed E-state index contributed by atoms with van der Waals surface area (Å²) in [5.74, 6) is 0. The highest BCUT2D eigenvalue weighted by Gasteiger charge is 2.25. The van der Waals surface area contributed by atoms with Crippen molar-refractivity contribution in [3.63, 3.8) is 0 Å². The summed E-state index contributed by atoms with van der Waals surface area (Å²) in [6.45, 7) is 5.81. The number of hydrogen-bond acceptors (Lipinski definition) is 3. The van der Waals surface area contributed by atoms with Crippen molar-refractivity contribution in [1.29, 1.82) is 0 Å². The van der Waals surface area contributed by atoms with Gasteiger partial charge < -0.3 is 10.3 Å². The molecule has 2 aromatic carbocycles. The predicted octanol–water partition coefficient (Wildman–Crippen LogP) is 4.24. The van der Waals surface area contributed by atoms with Gasteiger partial charge in [0.05, 0.1) is 0 Å². The van der Waals surface area contributed by atoms with Gasteiger partial charge >= 0.3 is 0 Å². The van der Waals surface area contributed by atoms with Crippen LogP contribution in [0.4, 0.5) is 0 Å². The second-order valence-corrected chi connectivity index (χ2v) is 5.48. The van der Waals surface area contributed by atoms with Gasteiger partial charge in [-0.3, -0.25) is 0 Å². The van der Waals surface area contributed by atoms with Crippen LogP contribution in [0.3, 0.4) is 0 Å². The van der Waals surface area contributed by atoms with Crippen LogP contribution in [0.25, 0.3) is 22.2 Å². The van der Waals surface area contributed by atoms with Crippen LogP contribution in [0.2, 0.25) is 0 Å². The molecule has 0 spiro atoms. The Morgan fingerprint density at radius 1 is 1.19 bits per heavy atom. The van der Waals surface area contributed by atoms with Gasteiger partial charge in [0.2, 0.25) is 0 Å². The van der Waals surface area contributed by atoms with Crippen molar-refractivity contribution in [1.82, 2.24) is 5.16 Å². The van der Waals surface area contributed by atoms with Gasteiger partial charge in [-0.25, -0.2) is 0 Å². The third-order valence-electron chi connectivity index (χ3n) is 3.74. The zero-order chi connectivity index (χ0) is 14.9. The van der Waals surface area contributed by atoms with Crippen molar-refractivity contribution in [3.8, 4) is 11.3 Å². The van der Waals surface area contributed by atoms with Crippen LogP contribution in [0.5, 0.6) is 0 Å². The fraction of sp³-hybridized carbons (Fsp3) is 0.167.